The van der Waals surface area contributed by atoms with Crippen LogP contribution in [0.2, 0.25) is 0 Å². The van der Waals surface area contributed by atoms with Crippen molar-refractivity contribution in [3.05, 3.63) is 29.8 Å². The lowest BCUT2D eigenvalue weighted by molar-refractivity contribution is 0.0705. The molecular weight excluding hydrogens is 274 g/mol. The number of likely N-dealkylation sites (tertiary alicyclic amines) is 1. The second kappa shape index (κ2) is 6.65. The quantitative estimate of drug-likeness (QED) is 0.294. The molecule has 0 aromatic heterocycles. The molecule has 1 amide bonds. The van der Waals surface area contributed by atoms with Gasteiger partial charge < -0.3 is 15.8 Å². The maximum Gasteiger partial charge on any atom is 0.254 e. The molecule has 3 N–H and O–H groups in total. The van der Waals surface area contributed by atoms with E-state index in [0.29, 0.717) is 13.1 Å². The zero-order valence-electron chi connectivity index (χ0n) is 11.5. The molecular formula is C14H19N3O2S. The van der Waals surface area contributed by atoms with Gasteiger partial charge in [-0.1, -0.05) is 17.3 Å². The van der Waals surface area contributed by atoms with Crippen LogP contribution in [0.3, 0.4) is 0 Å². The summed E-state index contributed by atoms with van der Waals surface area (Å²) >= 11 is 1.58. The summed E-state index contributed by atoms with van der Waals surface area (Å²) in [6, 6.07) is 7.65. The number of nitrogens with two attached hydrogens (primary N) is 1. The van der Waals surface area contributed by atoms with Crippen molar-refractivity contribution in [1.29, 1.82) is 0 Å². The van der Waals surface area contributed by atoms with Crippen molar-refractivity contribution in [2.45, 2.75) is 17.7 Å². The second-order valence-electron chi connectivity index (χ2n) is 4.79. The van der Waals surface area contributed by atoms with Crippen molar-refractivity contribution in [3.63, 3.8) is 0 Å². The van der Waals surface area contributed by atoms with E-state index in [2.05, 4.69) is 5.16 Å². The first kappa shape index (κ1) is 14.7. The van der Waals surface area contributed by atoms with Gasteiger partial charge in [0.1, 0.15) is 5.84 Å². The highest BCUT2D eigenvalue weighted by molar-refractivity contribution is 7.98. The third kappa shape index (κ3) is 3.07. The molecule has 1 aromatic carbocycles. The molecule has 1 fully saturated rings. The number of carbonyl (C=O) groups excluding carboxylic acids is 1. The summed E-state index contributed by atoms with van der Waals surface area (Å²) in [7, 11) is 0. The number of piperidine rings is 1. The maximum atomic E-state index is 12.5. The third-order valence-corrected chi connectivity index (χ3v) is 4.45. The topological polar surface area (TPSA) is 78.9 Å². The van der Waals surface area contributed by atoms with Crippen LogP contribution in [0.15, 0.2) is 34.3 Å². The summed E-state index contributed by atoms with van der Waals surface area (Å²) in [4.78, 5) is 15.4. The fraction of sp³-hybridized carbons (Fsp3) is 0.429. The standard InChI is InChI=1S/C14H19N3O2S/c1-20-12-5-3-2-4-11(12)14(18)17-8-6-10(7-9-17)13(15)16-19/h2-5,10,19H,6-9H2,1H3,(H2,15,16). The van der Waals surface area contributed by atoms with Gasteiger partial charge in [0.25, 0.3) is 5.91 Å². The average Bonchev–Trinajstić information content (AvgIpc) is 2.53. The van der Waals surface area contributed by atoms with Crippen molar-refractivity contribution in [1.82, 2.24) is 4.90 Å². The second-order valence-corrected chi connectivity index (χ2v) is 5.64. The zero-order valence-corrected chi connectivity index (χ0v) is 12.3. The van der Waals surface area contributed by atoms with Gasteiger partial charge in [-0.3, -0.25) is 4.79 Å². The summed E-state index contributed by atoms with van der Waals surface area (Å²) in [5, 5.41) is 11.7. The van der Waals surface area contributed by atoms with Crippen LogP contribution in [0, 0.1) is 5.92 Å². The van der Waals surface area contributed by atoms with E-state index < -0.39 is 0 Å². The summed E-state index contributed by atoms with van der Waals surface area (Å²) < 4.78 is 0. The molecule has 5 nitrogen and oxygen atoms in total. The van der Waals surface area contributed by atoms with Gasteiger partial charge in [0, 0.05) is 23.9 Å². The number of amidine groups is 1. The molecule has 2 rings (SSSR count). The van der Waals surface area contributed by atoms with Crippen LogP contribution in [0.4, 0.5) is 0 Å². The summed E-state index contributed by atoms with van der Waals surface area (Å²) in [6.07, 6.45) is 3.45. The highest BCUT2D eigenvalue weighted by Gasteiger charge is 2.26. The minimum atomic E-state index is 0.0629. The first-order chi connectivity index (χ1) is 9.67. The van der Waals surface area contributed by atoms with Crippen LogP contribution in [0.25, 0.3) is 0 Å². The van der Waals surface area contributed by atoms with Gasteiger partial charge in [-0.15, -0.1) is 11.8 Å². The summed E-state index contributed by atoms with van der Waals surface area (Å²) in [5.74, 6) is 0.398. The van der Waals surface area contributed by atoms with Gasteiger partial charge in [0.05, 0.1) is 5.56 Å². The van der Waals surface area contributed by atoms with Crippen molar-refractivity contribution >= 4 is 23.5 Å². The van der Waals surface area contributed by atoms with Gasteiger partial charge in [-0.05, 0) is 31.2 Å². The van der Waals surface area contributed by atoms with Crippen LogP contribution in [0.5, 0.6) is 0 Å². The molecule has 1 aliphatic rings. The Morgan fingerprint density at radius 2 is 2.05 bits per heavy atom. The molecule has 1 saturated heterocycles. The molecule has 0 saturated carbocycles. The Bertz CT molecular complexity index is 511. The first-order valence-electron chi connectivity index (χ1n) is 6.57. The molecule has 1 aliphatic heterocycles. The van der Waals surface area contributed by atoms with E-state index >= 15 is 0 Å². The molecule has 20 heavy (non-hydrogen) atoms. The number of amides is 1. The smallest absolute Gasteiger partial charge is 0.254 e. The monoisotopic (exact) mass is 293 g/mol. The van der Waals surface area contributed by atoms with Crippen LogP contribution >= 0.6 is 11.8 Å². The van der Waals surface area contributed by atoms with E-state index in [1.54, 1.807) is 11.8 Å². The van der Waals surface area contributed by atoms with Gasteiger partial charge in [-0.2, -0.15) is 0 Å². The molecule has 0 bridgehead atoms. The Morgan fingerprint density at radius 3 is 2.65 bits per heavy atom. The van der Waals surface area contributed by atoms with E-state index in [-0.39, 0.29) is 17.7 Å². The van der Waals surface area contributed by atoms with Gasteiger partial charge >= 0.3 is 0 Å². The highest BCUT2D eigenvalue weighted by Crippen LogP contribution is 2.24. The van der Waals surface area contributed by atoms with E-state index in [4.69, 9.17) is 10.9 Å². The number of rotatable bonds is 3. The van der Waals surface area contributed by atoms with Gasteiger partial charge in [0.2, 0.25) is 0 Å². The van der Waals surface area contributed by atoms with Gasteiger partial charge in [-0.25, -0.2) is 0 Å². The Balaban J connectivity index is 2.05. The van der Waals surface area contributed by atoms with Crippen LogP contribution in [0.1, 0.15) is 23.2 Å². The number of carbonyl (C=O) groups is 1. The predicted octanol–water partition coefficient (Wildman–Crippen LogP) is 2.01. The lowest BCUT2D eigenvalue weighted by Crippen LogP contribution is -2.42. The zero-order chi connectivity index (χ0) is 14.5. The molecule has 0 atom stereocenters. The number of oxime groups is 1. The third-order valence-electron chi connectivity index (χ3n) is 3.65. The minimum absolute atomic E-state index is 0.0629. The number of thioether (sulfide) groups is 1. The average molecular weight is 293 g/mol. The SMILES string of the molecule is CSc1ccccc1C(=O)N1CCC(C(N)=NO)CC1. The van der Waals surface area contributed by atoms with E-state index in [1.807, 2.05) is 35.4 Å². The first-order valence-corrected chi connectivity index (χ1v) is 7.79. The van der Waals surface area contributed by atoms with Crippen molar-refractivity contribution in [2.24, 2.45) is 16.8 Å². The number of hydrogen-bond acceptors (Lipinski definition) is 4. The Kier molecular flexibility index (Phi) is 4.89. The highest BCUT2D eigenvalue weighted by atomic mass is 32.2. The number of benzene rings is 1. The molecule has 6 heteroatoms. The van der Waals surface area contributed by atoms with E-state index in [1.165, 1.54) is 0 Å². The van der Waals surface area contributed by atoms with E-state index in [9.17, 15) is 4.79 Å². The lowest BCUT2D eigenvalue weighted by Gasteiger charge is -2.31. The molecule has 0 unspecified atom stereocenters. The molecule has 1 heterocycles. The van der Waals surface area contributed by atoms with Crippen molar-refractivity contribution in [3.8, 4) is 0 Å². The van der Waals surface area contributed by atoms with Gasteiger partial charge in [0.15, 0.2) is 0 Å². The molecule has 1 aromatic rings. The molecule has 108 valence electrons. The largest absolute Gasteiger partial charge is 0.409 e. The predicted molar refractivity (Wildman–Crippen MR) is 80.3 cm³/mol. The number of nitrogens with zero attached hydrogens (tertiary/aromatic N) is 2. The van der Waals surface area contributed by atoms with Crippen molar-refractivity contribution < 1.29 is 10.0 Å². The molecule has 0 aliphatic carbocycles. The Hall–Kier alpha value is -1.69. The summed E-state index contributed by atoms with van der Waals surface area (Å²) in [6.45, 7) is 1.28. The minimum Gasteiger partial charge on any atom is -0.409 e. The van der Waals surface area contributed by atoms with Crippen molar-refractivity contribution in [2.75, 3.05) is 19.3 Å². The summed E-state index contributed by atoms with van der Waals surface area (Å²) in [5.41, 5.74) is 6.37. The Labute approximate surface area is 122 Å². The fourth-order valence-electron chi connectivity index (χ4n) is 2.45. The molecule has 0 radical (unpaired) electrons. The fourth-order valence-corrected chi connectivity index (χ4v) is 3.04. The Morgan fingerprint density at radius 1 is 1.40 bits per heavy atom. The lowest BCUT2D eigenvalue weighted by atomic mass is 9.95. The maximum absolute atomic E-state index is 12.5. The normalized spacial score (nSPS) is 17.2. The molecule has 0 spiro atoms. The van der Waals surface area contributed by atoms with E-state index in [0.717, 1.165) is 23.3 Å². The van der Waals surface area contributed by atoms with Crippen LogP contribution < -0.4 is 5.73 Å². The number of hydrogen-bond donors (Lipinski definition) is 2. The van der Waals surface area contributed by atoms with Crippen LogP contribution in [-0.2, 0) is 0 Å². The van der Waals surface area contributed by atoms with Crippen LogP contribution in [-0.4, -0.2) is 41.2 Å².